The lowest BCUT2D eigenvalue weighted by Gasteiger charge is -2.29. The van der Waals surface area contributed by atoms with Crippen LogP contribution >= 0.6 is 0 Å². The summed E-state index contributed by atoms with van der Waals surface area (Å²) in [6.45, 7) is 2.14. The lowest BCUT2D eigenvalue weighted by molar-refractivity contribution is -0.00947. The third-order valence-electron chi connectivity index (χ3n) is 3.69. The van der Waals surface area contributed by atoms with E-state index in [-0.39, 0.29) is 5.82 Å². The van der Waals surface area contributed by atoms with Gasteiger partial charge in [-0.1, -0.05) is 18.2 Å². The Bertz CT molecular complexity index is 642. The van der Waals surface area contributed by atoms with Crippen molar-refractivity contribution >= 4 is 0 Å². The lowest BCUT2D eigenvalue weighted by atomic mass is 9.99. The monoisotopic (exact) mass is 288 g/mol. The molecule has 1 heterocycles. The van der Waals surface area contributed by atoms with Crippen LogP contribution in [0.25, 0.3) is 0 Å². The summed E-state index contributed by atoms with van der Waals surface area (Å²) >= 11 is 0. The van der Waals surface area contributed by atoms with E-state index in [4.69, 9.17) is 9.47 Å². The highest BCUT2D eigenvalue weighted by molar-refractivity contribution is 5.41. The van der Waals surface area contributed by atoms with Gasteiger partial charge in [0.15, 0.2) is 17.6 Å². The molecule has 0 fully saturated rings. The van der Waals surface area contributed by atoms with Gasteiger partial charge in [-0.2, -0.15) is 0 Å². The molecular weight excluding hydrogens is 271 g/mol. The molecule has 0 saturated carbocycles. The molecule has 0 amide bonds. The zero-order valence-electron chi connectivity index (χ0n) is 11.8. The molecule has 1 aliphatic rings. The average Bonchev–Trinajstić information content (AvgIpc) is 2.49. The van der Waals surface area contributed by atoms with Gasteiger partial charge in [-0.25, -0.2) is 4.39 Å². The van der Waals surface area contributed by atoms with Crippen molar-refractivity contribution in [2.24, 2.45) is 0 Å². The SMILES string of the molecule is Cc1cc(F)ccc1CC(O)C1COc2ccccc2O1. The number of benzene rings is 2. The second-order valence-corrected chi connectivity index (χ2v) is 5.26. The van der Waals surface area contributed by atoms with Crippen LogP contribution in [0.15, 0.2) is 42.5 Å². The average molecular weight is 288 g/mol. The van der Waals surface area contributed by atoms with E-state index in [2.05, 4.69) is 0 Å². The van der Waals surface area contributed by atoms with Crippen molar-refractivity contribution in [3.05, 3.63) is 59.4 Å². The van der Waals surface area contributed by atoms with E-state index < -0.39 is 12.2 Å². The van der Waals surface area contributed by atoms with E-state index in [1.54, 1.807) is 6.07 Å². The van der Waals surface area contributed by atoms with E-state index >= 15 is 0 Å². The number of aliphatic hydroxyl groups is 1. The molecule has 110 valence electrons. The molecule has 1 aliphatic heterocycles. The summed E-state index contributed by atoms with van der Waals surface area (Å²) in [5.41, 5.74) is 1.73. The zero-order valence-corrected chi connectivity index (χ0v) is 11.8. The van der Waals surface area contributed by atoms with Crippen LogP contribution in [0.5, 0.6) is 11.5 Å². The fourth-order valence-corrected chi connectivity index (χ4v) is 2.47. The van der Waals surface area contributed by atoms with Gasteiger partial charge < -0.3 is 14.6 Å². The van der Waals surface area contributed by atoms with Crippen molar-refractivity contribution in [1.82, 2.24) is 0 Å². The largest absolute Gasteiger partial charge is 0.486 e. The van der Waals surface area contributed by atoms with Crippen LogP contribution in [-0.4, -0.2) is 23.9 Å². The molecule has 2 unspecified atom stereocenters. The molecule has 2 aromatic rings. The first-order valence-electron chi connectivity index (χ1n) is 6.95. The molecular formula is C17H17FO3. The van der Waals surface area contributed by atoms with E-state index in [0.717, 1.165) is 11.1 Å². The molecule has 2 aromatic carbocycles. The number of ether oxygens (including phenoxy) is 2. The minimum absolute atomic E-state index is 0.267. The van der Waals surface area contributed by atoms with Crippen LogP contribution in [0, 0.1) is 12.7 Å². The van der Waals surface area contributed by atoms with Gasteiger partial charge in [-0.3, -0.25) is 0 Å². The number of aryl methyl sites for hydroxylation is 1. The van der Waals surface area contributed by atoms with Gasteiger partial charge in [-0.05, 0) is 42.3 Å². The summed E-state index contributed by atoms with van der Waals surface area (Å²) in [4.78, 5) is 0. The molecule has 0 aromatic heterocycles. The minimum Gasteiger partial charge on any atom is -0.486 e. The summed E-state index contributed by atoms with van der Waals surface area (Å²) in [6.07, 6.45) is -0.727. The third kappa shape index (κ3) is 3.00. The summed E-state index contributed by atoms with van der Waals surface area (Å²) in [7, 11) is 0. The summed E-state index contributed by atoms with van der Waals surface area (Å²) in [5, 5.41) is 10.3. The molecule has 21 heavy (non-hydrogen) atoms. The second kappa shape index (κ2) is 5.74. The number of hydrogen-bond acceptors (Lipinski definition) is 3. The number of hydrogen-bond donors (Lipinski definition) is 1. The van der Waals surface area contributed by atoms with Gasteiger partial charge >= 0.3 is 0 Å². The number of halogens is 1. The fourth-order valence-electron chi connectivity index (χ4n) is 2.47. The van der Waals surface area contributed by atoms with Gasteiger partial charge in [0.25, 0.3) is 0 Å². The molecule has 0 bridgehead atoms. The zero-order chi connectivity index (χ0) is 14.8. The van der Waals surface area contributed by atoms with Crippen LogP contribution in [0.3, 0.4) is 0 Å². The standard InChI is InChI=1S/C17H17FO3/c1-11-8-13(18)7-6-12(11)9-14(19)17-10-20-15-4-2-3-5-16(15)21-17/h2-8,14,17,19H,9-10H2,1H3. The van der Waals surface area contributed by atoms with Gasteiger partial charge in [0.2, 0.25) is 0 Å². The van der Waals surface area contributed by atoms with Crippen molar-refractivity contribution < 1.29 is 19.0 Å². The van der Waals surface area contributed by atoms with Gasteiger partial charge in [0, 0.05) is 6.42 Å². The molecule has 4 heteroatoms. The predicted molar refractivity (Wildman–Crippen MR) is 77.2 cm³/mol. The highest BCUT2D eigenvalue weighted by Gasteiger charge is 2.27. The normalized spacial score (nSPS) is 18.3. The maximum absolute atomic E-state index is 13.1. The Morgan fingerprint density at radius 3 is 2.76 bits per heavy atom. The number of rotatable bonds is 3. The summed E-state index contributed by atoms with van der Waals surface area (Å²) < 4.78 is 24.5. The van der Waals surface area contributed by atoms with Crippen LogP contribution in [-0.2, 0) is 6.42 Å². The van der Waals surface area contributed by atoms with Crippen LogP contribution in [0.2, 0.25) is 0 Å². The Morgan fingerprint density at radius 2 is 2.00 bits per heavy atom. The molecule has 0 aliphatic carbocycles. The fraction of sp³-hybridized carbons (Fsp3) is 0.294. The summed E-state index contributed by atoms with van der Waals surface area (Å²) in [6, 6.07) is 12.0. The van der Waals surface area contributed by atoms with Crippen LogP contribution in [0.4, 0.5) is 4.39 Å². The van der Waals surface area contributed by atoms with E-state index in [9.17, 15) is 9.50 Å². The lowest BCUT2D eigenvalue weighted by Crippen LogP contribution is -2.40. The first kappa shape index (κ1) is 13.9. The first-order chi connectivity index (χ1) is 10.1. The van der Waals surface area contributed by atoms with Crippen molar-refractivity contribution in [1.29, 1.82) is 0 Å². The molecule has 1 N–H and O–H groups in total. The topological polar surface area (TPSA) is 38.7 Å². The quantitative estimate of drug-likeness (QED) is 0.944. The number of aliphatic hydroxyl groups excluding tert-OH is 1. The van der Waals surface area contributed by atoms with E-state index in [0.29, 0.717) is 24.5 Å². The predicted octanol–water partition coefficient (Wildman–Crippen LogP) is 2.88. The number of para-hydroxylation sites is 2. The third-order valence-corrected chi connectivity index (χ3v) is 3.69. The van der Waals surface area contributed by atoms with Crippen LogP contribution in [0.1, 0.15) is 11.1 Å². The summed E-state index contributed by atoms with van der Waals surface area (Å²) in [5.74, 6) is 1.07. The molecule has 0 saturated heterocycles. The van der Waals surface area contributed by atoms with Crippen LogP contribution < -0.4 is 9.47 Å². The first-order valence-corrected chi connectivity index (χ1v) is 6.95. The van der Waals surface area contributed by atoms with Gasteiger partial charge in [0.1, 0.15) is 12.4 Å². The molecule has 3 rings (SSSR count). The van der Waals surface area contributed by atoms with E-state index in [1.165, 1.54) is 12.1 Å². The molecule has 0 spiro atoms. The Kier molecular flexibility index (Phi) is 3.80. The van der Waals surface area contributed by atoms with Crippen molar-refractivity contribution in [2.75, 3.05) is 6.61 Å². The molecule has 3 nitrogen and oxygen atoms in total. The Hall–Kier alpha value is -2.07. The maximum atomic E-state index is 13.1. The highest BCUT2D eigenvalue weighted by atomic mass is 19.1. The highest BCUT2D eigenvalue weighted by Crippen LogP contribution is 2.32. The number of fused-ring (bicyclic) bond motifs is 1. The Balaban J connectivity index is 1.70. The molecule has 2 atom stereocenters. The van der Waals surface area contributed by atoms with Crippen molar-refractivity contribution in [3.63, 3.8) is 0 Å². The Morgan fingerprint density at radius 1 is 1.24 bits per heavy atom. The van der Waals surface area contributed by atoms with Crippen molar-refractivity contribution in [2.45, 2.75) is 25.6 Å². The molecule has 0 radical (unpaired) electrons. The van der Waals surface area contributed by atoms with Crippen molar-refractivity contribution in [3.8, 4) is 11.5 Å². The smallest absolute Gasteiger partial charge is 0.161 e. The minimum atomic E-state index is -0.706. The van der Waals surface area contributed by atoms with E-state index in [1.807, 2.05) is 31.2 Å². The van der Waals surface area contributed by atoms with Gasteiger partial charge in [-0.15, -0.1) is 0 Å². The van der Waals surface area contributed by atoms with Gasteiger partial charge in [0.05, 0.1) is 6.10 Å². The Labute approximate surface area is 122 Å². The maximum Gasteiger partial charge on any atom is 0.161 e. The second-order valence-electron chi connectivity index (χ2n) is 5.26.